The van der Waals surface area contributed by atoms with Gasteiger partial charge in [-0.25, -0.2) is 9.07 Å². The Morgan fingerprint density at radius 1 is 1.38 bits per heavy atom. The number of nitrogens with one attached hydrogen (secondary N) is 2. The summed E-state index contributed by atoms with van der Waals surface area (Å²) in [7, 11) is 1.86. The van der Waals surface area contributed by atoms with E-state index in [0.29, 0.717) is 13.1 Å². The van der Waals surface area contributed by atoms with Crippen molar-refractivity contribution in [1.29, 1.82) is 0 Å². The Labute approximate surface area is 122 Å². The summed E-state index contributed by atoms with van der Waals surface area (Å²) < 4.78 is 14.6. The molecule has 2 N–H and O–H groups in total. The number of carbonyl (C=O) groups is 1. The third-order valence-electron chi connectivity index (χ3n) is 2.89. The van der Waals surface area contributed by atoms with Crippen molar-refractivity contribution in [3.8, 4) is 0 Å². The molecule has 0 radical (unpaired) electrons. The molecule has 7 heteroatoms. The zero-order valence-corrected chi connectivity index (χ0v) is 11.8. The number of amides is 1. The molecule has 0 aliphatic rings. The second kappa shape index (κ2) is 7.49. The first-order chi connectivity index (χ1) is 10.2. The summed E-state index contributed by atoms with van der Waals surface area (Å²) in [5, 5.41) is 13.5. The van der Waals surface area contributed by atoms with Crippen LogP contribution in [0.25, 0.3) is 0 Å². The third-order valence-corrected chi connectivity index (χ3v) is 2.89. The Balaban J connectivity index is 1.90. The van der Waals surface area contributed by atoms with Crippen LogP contribution >= 0.6 is 0 Å². The lowest BCUT2D eigenvalue weighted by molar-refractivity contribution is 0.0948. The van der Waals surface area contributed by atoms with E-state index in [1.165, 1.54) is 16.8 Å². The van der Waals surface area contributed by atoms with Crippen molar-refractivity contribution >= 4 is 5.91 Å². The third kappa shape index (κ3) is 4.64. The van der Waals surface area contributed by atoms with Crippen molar-refractivity contribution in [1.82, 2.24) is 25.6 Å². The number of nitrogens with zero attached hydrogens (tertiary/aromatic N) is 3. The maximum atomic E-state index is 13.1. The molecular formula is C14H18FN5O. The highest BCUT2D eigenvalue weighted by Crippen LogP contribution is 2.05. The van der Waals surface area contributed by atoms with Gasteiger partial charge < -0.3 is 10.6 Å². The zero-order valence-electron chi connectivity index (χ0n) is 11.8. The minimum atomic E-state index is -0.296. The van der Waals surface area contributed by atoms with Crippen LogP contribution in [-0.2, 0) is 6.54 Å². The largest absolute Gasteiger partial charge is 0.351 e. The Bertz CT molecular complexity index is 599. The van der Waals surface area contributed by atoms with Gasteiger partial charge in [0.15, 0.2) is 5.69 Å². The van der Waals surface area contributed by atoms with E-state index in [-0.39, 0.29) is 17.4 Å². The van der Waals surface area contributed by atoms with Gasteiger partial charge in [0.05, 0.1) is 12.7 Å². The number of hydrogen-bond acceptors (Lipinski definition) is 4. The standard InChI is InChI=1S/C14H18FN5O/c1-16-6-3-7-17-14(21)13-10-20(19-18-13)9-11-4-2-5-12(15)8-11/h2,4-5,8,10,16H,3,6-7,9H2,1H3,(H,17,21). The summed E-state index contributed by atoms with van der Waals surface area (Å²) >= 11 is 0. The Morgan fingerprint density at radius 3 is 3.00 bits per heavy atom. The Morgan fingerprint density at radius 2 is 2.24 bits per heavy atom. The fraction of sp³-hybridized carbons (Fsp3) is 0.357. The second-order valence-corrected chi connectivity index (χ2v) is 4.64. The van der Waals surface area contributed by atoms with E-state index in [9.17, 15) is 9.18 Å². The minimum Gasteiger partial charge on any atom is -0.351 e. The van der Waals surface area contributed by atoms with Crippen molar-refractivity contribution in [2.75, 3.05) is 20.1 Å². The van der Waals surface area contributed by atoms with Gasteiger partial charge in [-0.3, -0.25) is 4.79 Å². The molecule has 0 saturated carbocycles. The van der Waals surface area contributed by atoms with Crippen LogP contribution in [0.15, 0.2) is 30.5 Å². The summed E-state index contributed by atoms with van der Waals surface area (Å²) in [6.07, 6.45) is 2.40. The van der Waals surface area contributed by atoms with Gasteiger partial charge in [0, 0.05) is 6.54 Å². The first-order valence-electron chi connectivity index (χ1n) is 6.76. The molecule has 1 aromatic carbocycles. The van der Waals surface area contributed by atoms with E-state index < -0.39 is 0 Å². The molecule has 0 fully saturated rings. The topological polar surface area (TPSA) is 71.8 Å². The van der Waals surface area contributed by atoms with Gasteiger partial charge in [-0.1, -0.05) is 17.3 Å². The van der Waals surface area contributed by atoms with E-state index in [1.54, 1.807) is 18.3 Å². The minimum absolute atomic E-state index is 0.253. The maximum Gasteiger partial charge on any atom is 0.273 e. The highest BCUT2D eigenvalue weighted by molar-refractivity contribution is 5.91. The quantitative estimate of drug-likeness (QED) is 0.740. The number of benzene rings is 1. The van der Waals surface area contributed by atoms with Gasteiger partial charge in [-0.2, -0.15) is 0 Å². The number of carbonyl (C=O) groups excluding carboxylic acids is 1. The Kier molecular flexibility index (Phi) is 5.39. The molecule has 6 nitrogen and oxygen atoms in total. The number of rotatable bonds is 7. The molecule has 1 heterocycles. The SMILES string of the molecule is CNCCCNC(=O)c1cn(Cc2cccc(F)c2)nn1. The maximum absolute atomic E-state index is 13.1. The van der Waals surface area contributed by atoms with Crippen molar-refractivity contribution < 1.29 is 9.18 Å². The highest BCUT2D eigenvalue weighted by Gasteiger charge is 2.10. The number of aromatic nitrogens is 3. The first-order valence-corrected chi connectivity index (χ1v) is 6.76. The van der Waals surface area contributed by atoms with E-state index in [0.717, 1.165) is 18.5 Å². The van der Waals surface area contributed by atoms with Gasteiger partial charge >= 0.3 is 0 Å². The summed E-state index contributed by atoms with van der Waals surface area (Å²) in [6, 6.07) is 6.24. The van der Waals surface area contributed by atoms with Gasteiger partial charge in [0.1, 0.15) is 5.82 Å². The van der Waals surface area contributed by atoms with E-state index in [1.807, 2.05) is 7.05 Å². The average Bonchev–Trinajstić information content (AvgIpc) is 2.92. The first kappa shape index (κ1) is 15.1. The molecule has 0 spiro atoms. The normalized spacial score (nSPS) is 10.6. The zero-order chi connectivity index (χ0) is 15.1. The van der Waals surface area contributed by atoms with Crippen molar-refractivity contribution in [2.24, 2.45) is 0 Å². The molecule has 0 atom stereocenters. The molecule has 21 heavy (non-hydrogen) atoms. The van der Waals surface area contributed by atoms with Gasteiger partial charge in [0.2, 0.25) is 0 Å². The molecule has 0 bridgehead atoms. The van der Waals surface area contributed by atoms with E-state index in [2.05, 4.69) is 20.9 Å². The van der Waals surface area contributed by atoms with Crippen LogP contribution in [0.4, 0.5) is 4.39 Å². The van der Waals surface area contributed by atoms with Crippen molar-refractivity contribution in [2.45, 2.75) is 13.0 Å². The molecule has 0 aliphatic heterocycles. The number of hydrogen-bond donors (Lipinski definition) is 2. The molecule has 1 amide bonds. The van der Waals surface area contributed by atoms with Gasteiger partial charge in [-0.05, 0) is 37.7 Å². The summed E-state index contributed by atoms with van der Waals surface area (Å²) in [5.41, 5.74) is 1.02. The molecule has 0 aliphatic carbocycles. The molecular weight excluding hydrogens is 273 g/mol. The fourth-order valence-electron chi connectivity index (χ4n) is 1.86. The average molecular weight is 291 g/mol. The van der Waals surface area contributed by atoms with Crippen LogP contribution in [0.1, 0.15) is 22.5 Å². The van der Waals surface area contributed by atoms with Crippen molar-refractivity contribution in [3.63, 3.8) is 0 Å². The Hall–Kier alpha value is -2.28. The monoisotopic (exact) mass is 291 g/mol. The van der Waals surface area contributed by atoms with Crippen LogP contribution in [0, 0.1) is 5.82 Å². The smallest absolute Gasteiger partial charge is 0.273 e. The number of halogens is 1. The van der Waals surface area contributed by atoms with Gasteiger partial charge in [-0.15, -0.1) is 5.10 Å². The lowest BCUT2D eigenvalue weighted by Gasteiger charge is -2.02. The highest BCUT2D eigenvalue weighted by atomic mass is 19.1. The molecule has 2 aromatic rings. The summed E-state index contributed by atoms with van der Waals surface area (Å²) in [4.78, 5) is 11.8. The van der Waals surface area contributed by atoms with Crippen LogP contribution in [0.2, 0.25) is 0 Å². The molecule has 0 unspecified atom stereocenters. The summed E-state index contributed by atoms with van der Waals surface area (Å²) in [6.45, 7) is 1.79. The fourth-order valence-corrected chi connectivity index (χ4v) is 1.86. The van der Waals surface area contributed by atoms with Crippen LogP contribution in [0.5, 0.6) is 0 Å². The predicted octanol–water partition coefficient (Wildman–Crippen LogP) is 0.805. The molecule has 2 rings (SSSR count). The molecule has 112 valence electrons. The lowest BCUT2D eigenvalue weighted by atomic mass is 10.2. The lowest BCUT2D eigenvalue weighted by Crippen LogP contribution is -2.26. The van der Waals surface area contributed by atoms with Crippen LogP contribution < -0.4 is 10.6 Å². The summed E-state index contributed by atoms with van der Waals surface area (Å²) in [5.74, 6) is -0.549. The molecule has 1 aromatic heterocycles. The van der Waals surface area contributed by atoms with Gasteiger partial charge in [0.25, 0.3) is 5.91 Å². The van der Waals surface area contributed by atoms with Crippen LogP contribution in [0.3, 0.4) is 0 Å². The van der Waals surface area contributed by atoms with Crippen LogP contribution in [-0.4, -0.2) is 41.0 Å². The van der Waals surface area contributed by atoms with E-state index >= 15 is 0 Å². The van der Waals surface area contributed by atoms with Crippen molar-refractivity contribution in [3.05, 3.63) is 47.5 Å². The van der Waals surface area contributed by atoms with E-state index in [4.69, 9.17) is 0 Å². The second-order valence-electron chi connectivity index (χ2n) is 4.64. The predicted molar refractivity (Wildman–Crippen MR) is 76.4 cm³/mol. The molecule has 0 saturated heterocycles.